The third-order valence-electron chi connectivity index (χ3n) is 2.81. The third kappa shape index (κ3) is 3.36. The zero-order valence-corrected chi connectivity index (χ0v) is 12.0. The van der Waals surface area contributed by atoms with Crippen molar-refractivity contribution in [3.05, 3.63) is 54.1 Å². The van der Waals surface area contributed by atoms with Crippen molar-refractivity contribution in [2.45, 2.75) is 5.22 Å². The Hall–Kier alpha value is -2.45. The summed E-state index contributed by atoms with van der Waals surface area (Å²) in [5.41, 5.74) is 2.25. The molecule has 5 heteroatoms. The molecule has 1 heterocycles. The van der Waals surface area contributed by atoms with Crippen LogP contribution in [-0.2, 0) is 0 Å². The molecule has 0 spiro atoms. The molecule has 0 saturated heterocycles. The molecule has 0 aliphatic carbocycles. The average Bonchev–Trinajstić information content (AvgIpc) is 2.94. The van der Waals surface area contributed by atoms with Crippen molar-refractivity contribution in [2.75, 3.05) is 12.4 Å². The molecular formula is C16H12N2O2S. The first-order valence-corrected chi connectivity index (χ1v) is 7.45. The summed E-state index contributed by atoms with van der Waals surface area (Å²) in [6.07, 6.45) is 0. The molecule has 0 radical (unpaired) electrons. The molecule has 0 aliphatic heterocycles. The van der Waals surface area contributed by atoms with Gasteiger partial charge in [0.05, 0.1) is 18.2 Å². The summed E-state index contributed by atoms with van der Waals surface area (Å²) in [5, 5.41) is 9.47. The van der Waals surface area contributed by atoms with Gasteiger partial charge in [0.1, 0.15) is 11.3 Å². The highest BCUT2D eigenvalue weighted by molar-refractivity contribution is 7.99. The van der Waals surface area contributed by atoms with Gasteiger partial charge in [0.25, 0.3) is 5.22 Å². The van der Waals surface area contributed by atoms with E-state index in [-0.39, 0.29) is 0 Å². The molecule has 2 aromatic carbocycles. The first kappa shape index (κ1) is 13.5. The summed E-state index contributed by atoms with van der Waals surface area (Å²) in [6.45, 7) is 0.526. The first-order valence-electron chi connectivity index (χ1n) is 6.46. The van der Waals surface area contributed by atoms with Crippen molar-refractivity contribution in [3.63, 3.8) is 0 Å². The summed E-state index contributed by atoms with van der Waals surface area (Å²) in [4.78, 5) is 4.38. The number of benzene rings is 2. The summed E-state index contributed by atoms with van der Waals surface area (Å²) < 4.78 is 11.2. The minimum absolute atomic E-state index is 0.526. The number of aromatic nitrogens is 1. The molecule has 21 heavy (non-hydrogen) atoms. The van der Waals surface area contributed by atoms with Crippen LogP contribution >= 0.6 is 11.8 Å². The predicted octanol–water partition coefficient (Wildman–Crippen LogP) is 3.87. The second-order valence-corrected chi connectivity index (χ2v) is 5.33. The lowest BCUT2D eigenvalue weighted by atomic mass is 10.2. The highest BCUT2D eigenvalue weighted by Gasteiger charge is 2.05. The van der Waals surface area contributed by atoms with E-state index in [2.05, 4.69) is 11.1 Å². The lowest BCUT2D eigenvalue weighted by molar-refractivity contribution is 0.343. The molecule has 0 fully saturated rings. The Morgan fingerprint density at radius 1 is 1.19 bits per heavy atom. The van der Waals surface area contributed by atoms with Crippen molar-refractivity contribution in [1.29, 1.82) is 5.26 Å². The van der Waals surface area contributed by atoms with E-state index in [0.717, 1.165) is 16.9 Å². The Bertz CT molecular complexity index is 759. The second-order valence-electron chi connectivity index (χ2n) is 4.28. The molecule has 1 aromatic heterocycles. The second kappa shape index (κ2) is 6.33. The number of hydrogen-bond donors (Lipinski definition) is 0. The van der Waals surface area contributed by atoms with Gasteiger partial charge in [-0.3, -0.25) is 0 Å². The molecule has 0 bridgehead atoms. The van der Waals surface area contributed by atoms with Crippen LogP contribution in [0.15, 0.2) is 58.2 Å². The SMILES string of the molecule is N#Cc1cccc(OCCSc2nc3ccccc3o2)c1. The molecule has 0 N–H and O–H groups in total. The van der Waals surface area contributed by atoms with E-state index in [1.165, 1.54) is 11.8 Å². The Labute approximate surface area is 126 Å². The third-order valence-corrected chi connectivity index (χ3v) is 3.61. The number of ether oxygens (including phenoxy) is 1. The van der Waals surface area contributed by atoms with Crippen molar-refractivity contribution in [1.82, 2.24) is 4.98 Å². The first-order chi connectivity index (χ1) is 10.3. The Morgan fingerprint density at radius 3 is 2.95 bits per heavy atom. The zero-order chi connectivity index (χ0) is 14.5. The highest BCUT2D eigenvalue weighted by Crippen LogP contribution is 2.23. The number of oxazole rings is 1. The molecule has 0 unspecified atom stereocenters. The van der Waals surface area contributed by atoms with E-state index >= 15 is 0 Å². The maximum atomic E-state index is 8.82. The van der Waals surface area contributed by atoms with E-state index in [0.29, 0.717) is 23.1 Å². The van der Waals surface area contributed by atoms with Gasteiger partial charge in [-0.1, -0.05) is 30.0 Å². The van der Waals surface area contributed by atoms with Crippen LogP contribution in [0.3, 0.4) is 0 Å². The summed E-state index contributed by atoms with van der Waals surface area (Å²) in [5.74, 6) is 1.43. The molecule has 4 nitrogen and oxygen atoms in total. The van der Waals surface area contributed by atoms with E-state index in [9.17, 15) is 0 Å². The Kier molecular flexibility index (Phi) is 4.08. The van der Waals surface area contributed by atoms with Crippen LogP contribution in [0.2, 0.25) is 0 Å². The number of fused-ring (bicyclic) bond motifs is 1. The van der Waals surface area contributed by atoms with Crippen molar-refractivity contribution < 1.29 is 9.15 Å². The molecular weight excluding hydrogens is 284 g/mol. The predicted molar refractivity (Wildman–Crippen MR) is 81.4 cm³/mol. The summed E-state index contributed by atoms with van der Waals surface area (Å²) in [7, 11) is 0. The number of thioether (sulfide) groups is 1. The molecule has 0 saturated carbocycles. The van der Waals surface area contributed by atoms with Crippen LogP contribution < -0.4 is 4.74 Å². The van der Waals surface area contributed by atoms with Crippen LogP contribution in [0.25, 0.3) is 11.1 Å². The van der Waals surface area contributed by atoms with Gasteiger partial charge in [0.2, 0.25) is 0 Å². The number of nitriles is 1. The lowest BCUT2D eigenvalue weighted by Crippen LogP contribution is -2.00. The maximum absolute atomic E-state index is 8.82. The maximum Gasteiger partial charge on any atom is 0.256 e. The highest BCUT2D eigenvalue weighted by atomic mass is 32.2. The average molecular weight is 296 g/mol. The van der Waals surface area contributed by atoms with Crippen molar-refractivity contribution >= 4 is 22.9 Å². The van der Waals surface area contributed by atoms with E-state index < -0.39 is 0 Å². The molecule has 3 rings (SSSR count). The number of nitrogens with zero attached hydrogens (tertiary/aromatic N) is 2. The Morgan fingerprint density at radius 2 is 2.10 bits per heavy atom. The minimum atomic E-state index is 0.526. The van der Waals surface area contributed by atoms with Crippen LogP contribution in [-0.4, -0.2) is 17.3 Å². The Balaban J connectivity index is 1.53. The minimum Gasteiger partial charge on any atom is -0.493 e. The standard InChI is InChI=1S/C16H12N2O2S/c17-11-12-4-3-5-13(10-12)19-8-9-21-16-18-14-6-1-2-7-15(14)20-16/h1-7,10H,8-9H2. The van der Waals surface area contributed by atoms with Crippen molar-refractivity contribution in [3.8, 4) is 11.8 Å². The monoisotopic (exact) mass is 296 g/mol. The van der Waals surface area contributed by atoms with Gasteiger partial charge in [-0.05, 0) is 30.3 Å². The molecule has 0 atom stereocenters. The van der Waals surface area contributed by atoms with Crippen LogP contribution in [0, 0.1) is 11.3 Å². The molecule has 3 aromatic rings. The van der Waals surface area contributed by atoms with E-state index in [4.69, 9.17) is 14.4 Å². The largest absolute Gasteiger partial charge is 0.493 e. The number of para-hydroxylation sites is 2. The lowest BCUT2D eigenvalue weighted by Gasteiger charge is -2.04. The molecule has 0 aliphatic rings. The van der Waals surface area contributed by atoms with Gasteiger partial charge in [-0.25, -0.2) is 4.98 Å². The topological polar surface area (TPSA) is 59.0 Å². The number of rotatable bonds is 5. The van der Waals surface area contributed by atoms with E-state index in [1.807, 2.05) is 36.4 Å². The van der Waals surface area contributed by atoms with Gasteiger partial charge in [0.15, 0.2) is 5.58 Å². The van der Waals surface area contributed by atoms with Gasteiger partial charge in [-0.2, -0.15) is 5.26 Å². The molecule has 0 amide bonds. The van der Waals surface area contributed by atoms with Crippen LogP contribution in [0.4, 0.5) is 0 Å². The van der Waals surface area contributed by atoms with Crippen LogP contribution in [0.1, 0.15) is 5.56 Å². The zero-order valence-electron chi connectivity index (χ0n) is 11.2. The summed E-state index contributed by atoms with van der Waals surface area (Å²) >= 11 is 1.51. The summed E-state index contributed by atoms with van der Waals surface area (Å²) in [6, 6.07) is 16.9. The van der Waals surface area contributed by atoms with Crippen LogP contribution in [0.5, 0.6) is 5.75 Å². The number of hydrogen-bond acceptors (Lipinski definition) is 5. The van der Waals surface area contributed by atoms with Gasteiger partial charge < -0.3 is 9.15 Å². The fourth-order valence-electron chi connectivity index (χ4n) is 1.86. The smallest absolute Gasteiger partial charge is 0.256 e. The van der Waals surface area contributed by atoms with E-state index in [1.54, 1.807) is 12.1 Å². The fraction of sp³-hybridized carbons (Fsp3) is 0.125. The fourth-order valence-corrected chi connectivity index (χ4v) is 2.51. The van der Waals surface area contributed by atoms with Gasteiger partial charge in [0, 0.05) is 5.75 Å². The molecule has 104 valence electrons. The van der Waals surface area contributed by atoms with Gasteiger partial charge in [-0.15, -0.1) is 0 Å². The van der Waals surface area contributed by atoms with Gasteiger partial charge >= 0.3 is 0 Å². The quantitative estimate of drug-likeness (QED) is 0.528. The normalized spacial score (nSPS) is 10.4. The van der Waals surface area contributed by atoms with Crippen molar-refractivity contribution in [2.24, 2.45) is 0 Å².